The van der Waals surface area contributed by atoms with Gasteiger partial charge >= 0.3 is 0 Å². The summed E-state index contributed by atoms with van der Waals surface area (Å²) >= 11 is 0. The topological polar surface area (TPSA) is 15.3 Å². The third kappa shape index (κ3) is 3.37. The van der Waals surface area contributed by atoms with Gasteiger partial charge in [-0.25, -0.2) is 0 Å². The first-order valence-electron chi connectivity index (χ1n) is 7.83. The molecule has 2 heterocycles. The van der Waals surface area contributed by atoms with Crippen LogP contribution in [0.25, 0.3) is 0 Å². The number of benzene rings is 1. The lowest BCUT2D eigenvalue weighted by Gasteiger charge is -2.40. The highest BCUT2D eigenvalue weighted by Gasteiger charge is 2.37. The highest BCUT2D eigenvalue weighted by Crippen LogP contribution is 2.35. The average Bonchev–Trinajstić information content (AvgIpc) is 2.88. The summed E-state index contributed by atoms with van der Waals surface area (Å²) in [5.41, 5.74) is 2.10. The van der Waals surface area contributed by atoms with Crippen molar-refractivity contribution in [2.24, 2.45) is 5.41 Å². The number of likely N-dealkylation sites (tertiary alicyclic amines) is 1. The molecule has 19 heavy (non-hydrogen) atoms. The molecule has 0 aromatic heterocycles. The van der Waals surface area contributed by atoms with Crippen molar-refractivity contribution in [3.05, 3.63) is 35.9 Å². The van der Waals surface area contributed by atoms with Gasteiger partial charge in [-0.15, -0.1) is 0 Å². The van der Waals surface area contributed by atoms with Crippen molar-refractivity contribution in [3.63, 3.8) is 0 Å². The van der Waals surface area contributed by atoms with Crippen LogP contribution in [0.1, 0.15) is 31.2 Å². The van der Waals surface area contributed by atoms with E-state index in [1.165, 1.54) is 70.4 Å². The fourth-order valence-corrected chi connectivity index (χ4v) is 3.80. The van der Waals surface area contributed by atoms with Gasteiger partial charge in [-0.2, -0.15) is 0 Å². The molecule has 1 aromatic rings. The molecule has 2 saturated heterocycles. The number of nitrogens with one attached hydrogen (secondary N) is 1. The van der Waals surface area contributed by atoms with E-state index in [1.807, 2.05) is 0 Å². The molecule has 2 fully saturated rings. The summed E-state index contributed by atoms with van der Waals surface area (Å²) in [7, 11) is 0. The van der Waals surface area contributed by atoms with Gasteiger partial charge in [0.25, 0.3) is 0 Å². The first-order chi connectivity index (χ1) is 9.36. The van der Waals surface area contributed by atoms with Crippen LogP contribution in [0.15, 0.2) is 30.3 Å². The second kappa shape index (κ2) is 6.06. The van der Waals surface area contributed by atoms with Gasteiger partial charge in [0, 0.05) is 13.1 Å². The van der Waals surface area contributed by atoms with E-state index in [0.717, 1.165) is 0 Å². The molecule has 1 N–H and O–H groups in total. The largest absolute Gasteiger partial charge is 0.316 e. The van der Waals surface area contributed by atoms with Gasteiger partial charge < -0.3 is 10.2 Å². The Kier molecular flexibility index (Phi) is 4.19. The van der Waals surface area contributed by atoms with E-state index in [4.69, 9.17) is 0 Å². The minimum absolute atomic E-state index is 0.616. The fourth-order valence-electron chi connectivity index (χ4n) is 3.80. The highest BCUT2D eigenvalue weighted by atomic mass is 15.1. The van der Waals surface area contributed by atoms with Crippen molar-refractivity contribution in [2.45, 2.75) is 32.1 Å². The summed E-state index contributed by atoms with van der Waals surface area (Å²) in [6.07, 6.45) is 6.75. The predicted octanol–water partition coefficient (Wildman–Crippen LogP) is 2.69. The van der Waals surface area contributed by atoms with Gasteiger partial charge in [-0.1, -0.05) is 30.3 Å². The number of rotatable bonds is 4. The average molecular weight is 258 g/mol. The summed E-state index contributed by atoms with van der Waals surface area (Å²) in [6.45, 7) is 6.40. The Morgan fingerprint density at radius 1 is 1.16 bits per heavy atom. The molecule has 2 aliphatic heterocycles. The molecule has 0 saturated carbocycles. The number of piperidine rings is 1. The molecule has 0 aliphatic carbocycles. The molecule has 1 spiro atoms. The lowest BCUT2D eigenvalue weighted by molar-refractivity contribution is 0.103. The SMILES string of the molecule is c1ccc(CCCN2CCC[C@]3(CCNC3)C2)cc1. The zero-order chi connectivity index (χ0) is 13.0. The van der Waals surface area contributed by atoms with Crippen LogP contribution in [0.4, 0.5) is 0 Å². The van der Waals surface area contributed by atoms with Crippen molar-refractivity contribution in [2.75, 3.05) is 32.7 Å². The Labute approximate surface area is 117 Å². The van der Waals surface area contributed by atoms with Crippen LogP contribution in [0.5, 0.6) is 0 Å². The third-order valence-corrected chi connectivity index (χ3v) is 4.86. The minimum Gasteiger partial charge on any atom is -0.316 e. The number of hydrogen-bond donors (Lipinski definition) is 1. The Morgan fingerprint density at radius 3 is 2.84 bits per heavy atom. The summed E-state index contributed by atoms with van der Waals surface area (Å²) < 4.78 is 0. The van der Waals surface area contributed by atoms with E-state index >= 15 is 0 Å². The molecule has 0 amide bonds. The Morgan fingerprint density at radius 2 is 2.05 bits per heavy atom. The van der Waals surface area contributed by atoms with Crippen molar-refractivity contribution in [1.82, 2.24) is 10.2 Å². The van der Waals surface area contributed by atoms with Gasteiger partial charge in [-0.05, 0) is 62.7 Å². The van der Waals surface area contributed by atoms with Gasteiger partial charge in [-0.3, -0.25) is 0 Å². The van der Waals surface area contributed by atoms with Gasteiger partial charge in [0.1, 0.15) is 0 Å². The smallest absolute Gasteiger partial charge is 0.00506 e. The van der Waals surface area contributed by atoms with E-state index in [1.54, 1.807) is 0 Å². The summed E-state index contributed by atoms with van der Waals surface area (Å²) in [5.74, 6) is 0. The monoisotopic (exact) mass is 258 g/mol. The van der Waals surface area contributed by atoms with E-state index in [9.17, 15) is 0 Å². The maximum atomic E-state index is 3.56. The molecule has 3 rings (SSSR count). The molecule has 0 unspecified atom stereocenters. The van der Waals surface area contributed by atoms with Crippen LogP contribution in [0.2, 0.25) is 0 Å². The standard InChI is InChI=1S/C17H26N2/c1-2-6-16(7-3-1)8-4-12-19-13-5-9-17(15-19)10-11-18-14-17/h1-3,6-7,18H,4-5,8-15H2/t17-/m1/s1. The van der Waals surface area contributed by atoms with Crippen LogP contribution in [-0.4, -0.2) is 37.6 Å². The van der Waals surface area contributed by atoms with Crippen LogP contribution >= 0.6 is 0 Å². The van der Waals surface area contributed by atoms with E-state index in [-0.39, 0.29) is 0 Å². The molecule has 2 aliphatic rings. The first kappa shape index (κ1) is 13.1. The second-order valence-electron chi connectivity index (χ2n) is 6.40. The normalized spacial score (nSPS) is 28.0. The van der Waals surface area contributed by atoms with Crippen LogP contribution < -0.4 is 5.32 Å². The van der Waals surface area contributed by atoms with Crippen molar-refractivity contribution >= 4 is 0 Å². The number of aryl methyl sites for hydroxylation is 1. The van der Waals surface area contributed by atoms with Crippen LogP contribution in [-0.2, 0) is 6.42 Å². The molecule has 2 heteroatoms. The van der Waals surface area contributed by atoms with E-state index in [2.05, 4.69) is 40.5 Å². The Balaban J connectivity index is 1.45. The van der Waals surface area contributed by atoms with Gasteiger partial charge in [0.15, 0.2) is 0 Å². The molecular formula is C17H26N2. The molecule has 1 aromatic carbocycles. The third-order valence-electron chi connectivity index (χ3n) is 4.86. The molecule has 0 bridgehead atoms. The lowest BCUT2D eigenvalue weighted by Crippen LogP contribution is -2.44. The van der Waals surface area contributed by atoms with Crippen LogP contribution in [0, 0.1) is 5.41 Å². The van der Waals surface area contributed by atoms with Crippen molar-refractivity contribution in [3.8, 4) is 0 Å². The van der Waals surface area contributed by atoms with E-state index in [0.29, 0.717) is 5.41 Å². The molecule has 104 valence electrons. The molecule has 0 radical (unpaired) electrons. The maximum absolute atomic E-state index is 3.56. The Bertz CT molecular complexity index is 382. The van der Waals surface area contributed by atoms with Crippen molar-refractivity contribution in [1.29, 1.82) is 0 Å². The predicted molar refractivity (Wildman–Crippen MR) is 80.4 cm³/mol. The minimum atomic E-state index is 0.616. The quantitative estimate of drug-likeness (QED) is 0.893. The zero-order valence-electron chi connectivity index (χ0n) is 11.9. The lowest BCUT2D eigenvalue weighted by atomic mass is 9.79. The Hall–Kier alpha value is -0.860. The molecule has 1 atom stereocenters. The molecular weight excluding hydrogens is 232 g/mol. The second-order valence-corrected chi connectivity index (χ2v) is 6.40. The van der Waals surface area contributed by atoms with Crippen molar-refractivity contribution < 1.29 is 0 Å². The number of nitrogens with zero attached hydrogens (tertiary/aromatic N) is 1. The fraction of sp³-hybridized carbons (Fsp3) is 0.647. The summed E-state index contributed by atoms with van der Waals surface area (Å²) in [5, 5.41) is 3.56. The zero-order valence-corrected chi connectivity index (χ0v) is 11.9. The van der Waals surface area contributed by atoms with Gasteiger partial charge in [0.05, 0.1) is 0 Å². The first-order valence-corrected chi connectivity index (χ1v) is 7.83. The van der Waals surface area contributed by atoms with Gasteiger partial charge in [0.2, 0.25) is 0 Å². The summed E-state index contributed by atoms with van der Waals surface area (Å²) in [6, 6.07) is 10.9. The van der Waals surface area contributed by atoms with Crippen LogP contribution in [0.3, 0.4) is 0 Å². The highest BCUT2D eigenvalue weighted by molar-refractivity contribution is 5.14. The number of hydrogen-bond acceptors (Lipinski definition) is 2. The van der Waals surface area contributed by atoms with E-state index < -0.39 is 0 Å². The maximum Gasteiger partial charge on any atom is 0.00506 e. The summed E-state index contributed by atoms with van der Waals surface area (Å²) in [4.78, 5) is 2.71. The molecule has 2 nitrogen and oxygen atoms in total.